The Morgan fingerprint density at radius 3 is 2.37 bits per heavy atom. The largest absolute Gasteiger partial charge is 0.479 e. The van der Waals surface area contributed by atoms with E-state index in [0.717, 1.165) is 24.1 Å². The number of aliphatic carboxylic acids is 1. The molecule has 106 valence electrons. The molecule has 0 heterocycles. The van der Waals surface area contributed by atoms with Gasteiger partial charge < -0.3 is 15.2 Å². The van der Waals surface area contributed by atoms with Gasteiger partial charge in [0.25, 0.3) is 0 Å². The fourth-order valence-electron chi connectivity index (χ4n) is 2.17. The van der Waals surface area contributed by atoms with Gasteiger partial charge in [0.05, 0.1) is 0 Å². The number of hydrogen-bond acceptors (Lipinski definition) is 3. The first-order valence-corrected chi connectivity index (χ1v) is 6.63. The smallest absolute Gasteiger partial charge is 0.344 e. The number of nitrogens with one attached hydrogen (secondary N) is 1. The number of rotatable bonds is 7. The molecule has 1 atom stereocenters. The standard InChI is InChI=1S/C15H23NO3/c1-5-6-13(15(17)18)19-14-10(2)7-12(9-16-4)8-11(14)3/h7-8,13,16H,5-6,9H2,1-4H3,(H,17,18). The van der Waals surface area contributed by atoms with Gasteiger partial charge in [0.1, 0.15) is 5.75 Å². The molecule has 1 unspecified atom stereocenters. The minimum Gasteiger partial charge on any atom is -0.479 e. The molecule has 0 aliphatic heterocycles. The maximum Gasteiger partial charge on any atom is 0.344 e. The fourth-order valence-corrected chi connectivity index (χ4v) is 2.17. The highest BCUT2D eigenvalue weighted by Crippen LogP contribution is 2.26. The Kier molecular flexibility index (Phi) is 5.83. The molecule has 4 heteroatoms. The van der Waals surface area contributed by atoms with Crippen molar-refractivity contribution in [1.29, 1.82) is 0 Å². The molecule has 0 saturated carbocycles. The molecule has 1 aromatic rings. The summed E-state index contributed by atoms with van der Waals surface area (Å²) in [5.74, 6) is -0.208. The van der Waals surface area contributed by atoms with E-state index >= 15 is 0 Å². The lowest BCUT2D eigenvalue weighted by Gasteiger charge is -2.19. The van der Waals surface area contributed by atoms with Crippen molar-refractivity contribution in [2.45, 2.75) is 46.3 Å². The van der Waals surface area contributed by atoms with Crippen LogP contribution in [0.15, 0.2) is 12.1 Å². The third-order valence-corrected chi connectivity index (χ3v) is 2.99. The summed E-state index contributed by atoms with van der Waals surface area (Å²) in [5, 5.41) is 12.3. The van der Waals surface area contributed by atoms with Crippen LogP contribution < -0.4 is 10.1 Å². The van der Waals surface area contributed by atoms with Crippen LogP contribution in [-0.4, -0.2) is 24.2 Å². The van der Waals surface area contributed by atoms with E-state index in [4.69, 9.17) is 9.84 Å². The molecule has 1 rings (SSSR count). The van der Waals surface area contributed by atoms with Crippen LogP contribution >= 0.6 is 0 Å². The number of carbonyl (C=O) groups is 1. The van der Waals surface area contributed by atoms with Crippen LogP contribution in [0.2, 0.25) is 0 Å². The van der Waals surface area contributed by atoms with Gasteiger partial charge in [-0.1, -0.05) is 25.5 Å². The highest BCUT2D eigenvalue weighted by Gasteiger charge is 2.20. The summed E-state index contributed by atoms with van der Waals surface area (Å²) in [6.45, 7) is 6.65. The molecule has 0 fully saturated rings. The van der Waals surface area contributed by atoms with Crippen molar-refractivity contribution in [1.82, 2.24) is 5.32 Å². The van der Waals surface area contributed by atoms with Gasteiger partial charge in [-0.2, -0.15) is 0 Å². The maximum atomic E-state index is 11.2. The van der Waals surface area contributed by atoms with Gasteiger partial charge in [-0.05, 0) is 44.0 Å². The van der Waals surface area contributed by atoms with E-state index in [2.05, 4.69) is 5.32 Å². The highest BCUT2D eigenvalue weighted by atomic mass is 16.5. The van der Waals surface area contributed by atoms with Crippen LogP contribution in [0.3, 0.4) is 0 Å². The van der Waals surface area contributed by atoms with E-state index in [9.17, 15) is 4.79 Å². The lowest BCUT2D eigenvalue weighted by atomic mass is 10.1. The molecular formula is C15H23NO3. The summed E-state index contributed by atoms with van der Waals surface area (Å²) < 4.78 is 5.69. The van der Waals surface area contributed by atoms with E-state index < -0.39 is 12.1 Å². The van der Waals surface area contributed by atoms with Crippen LogP contribution in [0.25, 0.3) is 0 Å². The molecule has 0 saturated heterocycles. The Labute approximate surface area is 114 Å². The monoisotopic (exact) mass is 265 g/mol. The Hall–Kier alpha value is -1.55. The fraction of sp³-hybridized carbons (Fsp3) is 0.533. The zero-order chi connectivity index (χ0) is 14.4. The number of carboxylic acids is 1. The molecule has 0 bridgehead atoms. The predicted octanol–water partition coefficient (Wildman–Crippen LogP) is 2.65. The zero-order valence-electron chi connectivity index (χ0n) is 12.1. The first kappa shape index (κ1) is 15.5. The second-order valence-electron chi connectivity index (χ2n) is 4.82. The topological polar surface area (TPSA) is 58.6 Å². The van der Waals surface area contributed by atoms with Gasteiger partial charge in [0.15, 0.2) is 6.10 Å². The van der Waals surface area contributed by atoms with E-state index in [-0.39, 0.29) is 0 Å². The molecule has 1 aromatic carbocycles. The van der Waals surface area contributed by atoms with Crippen LogP contribution in [0.4, 0.5) is 0 Å². The summed E-state index contributed by atoms with van der Waals surface area (Å²) in [7, 11) is 1.90. The van der Waals surface area contributed by atoms with Gasteiger partial charge >= 0.3 is 5.97 Å². The number of hydrogen-bond donors (Lipinski definition) is 2. The van der Waals surface area contributed by atoms with Gasteiger partial charge in [0.2, 0.25) is 0 Å². The summed E-state index contributed by atoms with van der Waals surface area (Å²) in [6.07, 6.45) is 0.539. The lowest BCUT2D eigenvalue weighted by molar-refractivity contribution is -0.145. The summed E-state index contributed by atoms with van der Waals surface area (Å²) in [4.78, 5) is 11.2. The molecule has 0 aliphatic carbocycles. The van der Waals surface area contributed by atoms with Crippen LogP contribution in [-0.2, 0) is 11.3 Å². The summed E-state index contributed by atoms with van der Waals surface area (Å²) >= 11 is 0. The lowest BCUT2D eigenvalue weighted by Crippen LogP contribution is -2.27. The first-order valence-electron chi connectivity index (χ1n) is 6.63. The van der Waals surface area contributed by atoms with Crippen molar-refractivity contribution in [3.8, 4) is 5.75 Å². The van der Waals surface area contributed by atoms with E-state index in [1.165, 1.54) is 5.56 Å². The molecule has 4 nitrogen and oxygen atoms in total. The SMILES string of the molecule is CCCC(Oc1c(C)cc(CNC)cc1C)C(=O)O. The van der Waals surface area contributed by atoms with Gasteiger partial charge in [-0.25, -0.2) is 4.79 Å². The highest BCUT2D eigenvalue weighted by molar-refractivity contribution is 5.72. The van der Waals surface area contributed by atoms with E-state index in [1.54, 1.807) is 0 Å². The second-order valence-corrected chi connectivity index (χ2v) is 4.82. The molecule has 0 aliphatic rings. The number of aryl methyl sites for hydroxylation is 2. The average Bonchev–Trinajstić information content (AvgIpc) is 2.32. The Morgan fingerprint density at radius 1 is 1.37 bits per heavy atom. The maximum absolute atomic E-state index is 11.2. The van der Waals surface area contributed by atoms with Gasteiger partial charge in [-0.3, -0.25) is 0 Å². The second kappa shape index (κ2) is 7.14. The van der Waals surface area contributed by atoms with Crippen molar-refractivity contribution in [2.75, 3.05) is 7.05 Å². The molecule has 2 N–H and O–H groups in total. The van der Waals surface area contributed by atoms with Gasteiger partial charge in [0, 0.05) is 6.54 Å². The molecule has 19 heavy (non-hydrogen) atoms. The number of benzene rings is 1. The van der Waals surface area contributed by atoms with Crippen LogP contribution in [0, 0.1) is 13.8 Å². The first-order chi connectivity index (χ1) is 8.99. The minimum atomic E-state index is -0.903. The summed E-state index contributed by atoms with van der Waals surface area (Å²) in [6, 6.07) is 4.06. The Balaban J connectivity index is 2.97. The Bertz CT molecular complexity index is 420. The quantitative estimate of drug-likeness (QED) is 0.795. The van der Waals surface area contributed by atoms with Gasteiger partial charge in [-0.15, -0.1) is 0 Å². The van der Waals surface area contributed by atoms with Crippen molar-refractivity contribution in [3.63, 3.8) is 0 Å². The Morgan fingerprint density at radius 2 is 1.95 bits per heavy atom. The summed E-state index contributed by atoms with van der Waals surface area (Å²) in [5.41, 5.74) is 3.13. The third-order valence-electron chi connectivity index (χ3n) is 2.99. The number of carboxylic acid groups (broad SMARTS) is 1. The van der Waals surface area contributed by atoms with Crippen molar-refractivity contribution < 1.29 is 14.6 Å². The number of ether oxygens (including phenoxy) is 1. The van der Waals surface area contributed by atoms with E-state index in [0.29, 0.717) is 12.2 Å². The molecular weight excluding hydrogens is 242 g/mol. The third kappa shape index (κ3) is 4.24. The molecule has 0 aromatic heterocycles. The predicted molar refractivity (Wildman–Crippen MR) is 75.6 cm³/mol. The van der Waals surface area contributed by atoms with Crippen molar-refractivity contribution >= 4 is 5.97 Å². The van der Waals surface area contributed by atoms with Crippen molar-refractivity contribution in [3.05, 3.63) is 28.8 Å². The van der Waals surface area contributed by atoms with E-state index in [1.807, 2.05) is 40.0 Å². The molecule has 0 spiro atoms. The van der Waals surface area contributed by atoms with Crippen molar-refractivity contribution in [2.24, 2.45) is 0 Å². The van der Waals surface area contributed by atoms with Crippen LogP contribution in [0.1, 0.15) is 36.5 Å². The minimum absolute atomic E-state index is 0.520. The average molecular weight is 265 g/mol. The molecule has 0 radical (unpaired) electrons. The van der Waals surface area contributed by atoms with Crippen LogP contribution in [0.5, 0.6) is 5.75 Å². The zero-order valence-corrected chi connectivity index (χ0v) is 12.1. The molecule has 0 amide bonds. The normalized spacial score (nSPS) is 12.2.